The highest BCUT2D eigenvalue weighted by Crippen LogP contribution is 2.33. The Morgan fingerprint density at radius 2 is 0.613 bits per heavy atom. The average molecular weight is 1100 g/mol. The fourth-order valence-electron chi connectivity index (χ4n) is 9.46. The molecular formula is C68H65F9O3. The molecule has 0 fully saturated rings. The molecule has 0 saturated carbocycles. The van der Waals surface area contributed by atoms with E-state index in [0.717, 1.165) is 74.7 Å². The van der Waals surface area contributed by atoms with Gasteiger partial charge >= 0.3 is 19.8 Å². The van der Waals surface area contributed by atoms with E-state index in [2.05, 4.69) is 83.2 Å². The van der Waals surface area contributed by atoms with Crippen LogP contribution in [0.25, 0.3) is 65.7 Å². The lowest BCUT2D eigenvalue weighted by atomic mass is 9.98. The molecule has 0 aromatic heterocycles. The van der Waals surface area contributed by atoms with E-state index in [1.54, 1.807) is 18.2 Å². The topological polar surface area (TPSA) is 27.7 Å². The molecule has 0 N–H and O–H groups in total. The molecule has 80 heavy (non-hydrogen) atoms. The van der Waals surface area contributed by atoms with Crippen molar-refractivity contribution in [3.63, 3.8) is 0 Å². The molecule has 0 saturated heterocycles. The Bertz CT molecular complexity index is 3450. The first-order valence-corrected chi connectivity index (χ1v) is 27.1. The summed E-state index contributed by atoms with van der Waals surface area (Å²) in [6.07, 6.45) is 17.2. The smallest absolute Gasteiger partial charge is 0.387 e. The molecule has 9 rings (SSSR count). The van der Waals surface area contributed by atoms with Crippen LogP contribution in [-0.4, -0.2) is 19.8 Å². The number of fused-ring (bicyclic) bond motifs is 3. The molecule has 0 aliphatic rings. The van der Waals surface area contributed by atoms with Crippen molar-refractivity contribution in [3.8, 4) is 50.6 Å². The molecule has 0 unspecified atom stereocenters. The first-order valence-electron chi connectivity index (χ1n) is 27.1. The SMILES string of the molecule is C=CCCc1ccc2cc(-c3ccc(OC(F)F)c(F)c3)ccc2c1.CCCCCCCc1ccc2cc(-c3ccc(OC(F)F)c(F)c3)ccc2c1.CCCCCCc1ccc2cc(-c3ccc(OC(F)F)c(F)c3)ccc2c1. The van der Waals surface area contributed by atoms with Crippen LogP contribution in [-0.2, 0) is 19.3 Å². The molecule has 12 heteroatoms. The van der Waals surface area contributed by atoms with Gasteiger partial charge < -0.3 is 14.2 Å². The van der Waals surface area contributed by atoms with Gasteiger partial charge in [-0.3, -0.25) is 0 Å². The number of aryl methyl sites for hydroxylation is 3. The van der Waals surface area contributed by atoms with Gasteiger partial charge in [0.2, 0.25) is 0 Å². The fourth-order valence-corrected chi connectivity index (χ4v) is 9.46. The first kappa shape index (κ1) is 59.9. The second kappa shape index (κ2) is 30.0. The lowest BCUT2D eigenvalue weighted by Gasteiger charge is -2.09. The minimum absolute atomic E-state index is 0.442. The Hall–Kier alpha value is -7.73. The van der Waals surface area contributed by atoms with E-state index in [-0.39, 0.29) is 0 Å². The van der Waals surface area contributed by atoms with E-state index in [0.29, 0.717) is 16.7 Å². The number of ether oxygens (including phenoxy) is 3. The number of allylic oxidation sites excluding steroid dienone is 1. The van der Waals surface area contributed by atoms with Gasteiger partial charge in [0.05, 0.1) is 0 Å². The molecule has 0 atom stereocenters. The lowest BCUT2D eigenvalue weighted by Crippen LogP contribution is -2.03. The number of benzene rings is 9. The van der Waals surface area contributed by atoms with Crippen molar-refractivity contribution >= 4 is 32.3 Å². The summed E-state index contributed by atoms with van der Waals surface area (Å²) < 4.78 is 128. The van der Waals surface area contributed by atoms with Crippen molar-refractivity contribution in [2.24, 2.45) is 0 Å². The number of hydrogen-bond donors (Lipinski definition) is 0. The Morgan fingerprint density at radius 1 is 0.338 bits per heavy atom. The van der Waals surface area contributed by atoms with E-state index >= 15 is 0 Å². The van der Waals surface area contributed by atoms with E-state index in [1.807, 2.05) is 66.7 Å². The minimum Gasteiger partial charge on any atom is -0.432 e. The molecule has 0 radical (unpaired) electrons. The van der Waals surface area contributed by atoms with Crippen LogP contribution < -0.4 is 14.2 Å². The predicted octanol–water partition coefficient (Wildman–Crippen LogP) is 21.5. The zero-order valence-corrected chi connectivity index (χ0v) is 44.9. The molecule has 418 valence electrons. The van der Waals surface area contributed by atoms with Gasteiger partial charge in [0.1, 0.15) is 0 Å². The molecule has 0 aliphatic carbocycles. The summed E-state index contributed by atoms with van der Waals surface area (Å²) >= 11 is 0. The van der Waals surface area contributed by atoms with E-state index in [1.165, 1.54) is 111 Å². The number of alkyl halides is 6. The Labute approximate surface area is 462 Å². The van der Waals surface area contributed by atoms with Crippen molar-refractivity contribution in [1.82, 2.24) is 0 Å². The van der Waals surface area contributed by atoms with E-state index < -0.39 is 54.5 Å². The van der Waals surface area contributed by atoms with Crippen molar-refractivity contribution in [3.05, 3.63) is 211 Å². The summed E-state index contributed by atoms with van der Waals surface area (Å²) in [5, 5.41) is 6.56. The summed E-state index contributed by atoms with van der Waals surface area (Å²) in [7, 11) is 0. The van der Waals surface area contributed by atoms with Gasteiger partial charge in [-0.2, -0.15) is 26.3 Å². The van der Waals surface area contributed by atoms with Crippen LogP contribution in [0.1, 0.15) is 94.7 Å². The third kappa shape index (κ3) is 17.6. The van der Waals surface area contributed by atoms with Crippen LogP contribution in [0.15, 0.2) is 176 Å². The zero-order valence-electron chi connectivity index (χ0n) is 44.9. The van der Waals surface area contributed by atoms with Gasteiger partial charge in [0.25, 0.3) is 0 Å². The number of hydrogen-bond acceptors (Lipinski definition) is 3. The molecular weight excluding hydrogens is 1040 g/mol. The second-order valence-electron chi connectivity index (χ2n) is 19.6. The lowest BCUT2D eigenvalue weighted by molar-refractivity contribution is -0.0527. The normalized spacial score (nSPS) is 11.2. The highest BCUT2D eigenvalue weighted by molar-refractivity contribution is 5.90. The Kier molecular flexibility index (Phi) is 22.5. The highest BCUT2D eigenvalue weighted by atomic mass is 19.3. The first-order chi connectivity index (χ1) is 38.7. The van der Waals surface area contributed by atoms with Crippen molar-refractivity contribution < 1.29 is 53.7 Å². The van der Waals surface area contributed by atoms with Crippen molar-refractivity contribution in [1.29, 1.82) is 0 Å². The van der Waals surface area contributed by atoms with Crippen LogP contribution in [0, 0.1) is 17.5 Å². The molecule has 3 nitrogen and oxygen atoms in total. The number of unbranched alkanes of at least 4 members (excludes halogenated alkanes) is 7. The quantitative estimate of drug-likeness (QED) is 0.0363. The summed E-state index contributed by atoms with van der Waals surface area (Å²) in [5.41, 5.74) is 8.23. The zero-order chi connectivity index (χ0) is 57.0. The van der Waals surface area contributed by atoms with Crippen molar-refractivity contribution in [2.45, 2.75) is 117 Å². The maximum absolute atomic E-state index is 14.0. The van der Waals surface area contributed by atoms with Crippen molar-refractivity contribution in [2.75, 3.05) is 0 Å². The van der Waals surface area contributed by atoms with Gasteiger partial charge in [-0.15, -0.1) is 6.58 Å². The monoisotopic (exact) mass is 1100 g/mol. The fraction of sp³-hybridized carbons (Fsp3) is 0.265. The standard InChI is InChI=1S/C24H25F3O.C23H23F3O.C21H17F3O/c1-2-3-4-5-6-7-17-8-9-19-15-20(11-10-18(19)14-17)21-12-13-23(22(25)16-21)28-24(26)27;1-2-3-4-5-6-16-7-8-18-14-19(10-9-17(18)13-16)20-11-12-22(21(24)15-20)27-23(25)26;1-2-3-4-14-5-6-16-12-17(8-7-15(16)11-14)18-9-10-20(19(22)13-18)25-21(23)24/h8-16,24H,2-7H2,1H3;7-15,23H,2-6H2,1H3;2,5-13,21H,1,3-4H2. The number of halogens is 9. The highest BCUT2D eigenvalue weighted by Gasteiger charge is 2.15. The van der Waals surface area contributed by atoms with Crippen LogP contribution in [0.5, 0.6) is 17.2 Å². The average Bonchev–Trinajstić information content (AvgIpc) is 3.48. The molecule has 9 aromatic rings. The third-order valence-corrected chi connectivity index (χ3v) is 13.7. The molecule has 0 aliphatic heterocycles. The molecule has 0 spiro atoms. The summed E-state index contributed by atoms with van der Waals surface area (Å²) in [5.74, 6) is -3.74. The third-order valence-electron chi connectivity index (χ3n) is 13.7. The molecule has 9 aromatic carbocycles. The maximum Gasteiger partial charge on any atom is 0.387 e. The predicted molar refractivity (Wildman–Crippen MR) is 307 cm³/mol. The second-order valence-corrected chi connectivity index (χ2v) is 19.6. The van der Waals surface area contributed by atoms with Gasteiger partial charge in [0.15, 0.2) is 34.7 Å². The molecule has 0 heterocycles. The van der Waals surface area contributed by atoms with Gasteiger partial charge in [-0.1, -0.05) is 174 Å². The van der Waals surface area contributed by atoms with Crippen LogP contribution >= 0.6 is 0 Å². The van der Waals surface area contributed by atoms with E-state index in [9.17, 15) is 39.5 Å². The Balaban J connectivity index is 0.000000174. The van der Waals surface area contributed by atoms with Crippen LogP contribution in [0.2, 0.25) is 0 Å². The summed E-state index contributed by atoms with van der Waals surface area (Å²) in [6, 6.07) is 48.9. The maximum atomic E-state index is 14.0. The van der Waals surface area contributed by atoms with Crippen LogP contribution in [0.3, 0.4) is 0 Å². The largest absolute Gasteiger partial charge is 0.432 e. The molecule has 0 bridgehead atoms. The summed E-state index contributed by atoms with van der Waals surface area (Å²) in [4.78, 5) is 0. The van der Waals surface area contributed by atoms with Gasteiger partial charge in [-0.05, 0) is 176 Å². The van der Waals surface area contributed by atoms with Gasteiger partial charge in [-0.25, -0.2) is 13.2 Å². The summed E-state index contributed by atoms with van der Waals surface area (Å²) in [6.45, 7) is -0.967. The number of rotatable bonds is 23. The molecule has 0 amide bonds. The minimum atomic E-state index is -3.05. The van der Waals surface area contributed by atoms with Crippen LogP contribution in [0.4, 0.5) is 39.5 Å². The van der Waals surface area contributed by atoms with E-state index in [4.69, 9.17) is 0 Å². The van der Waals surface area contributed by atoms with Gasteiger partial charge in [0, 0.05) is 0 Å². The Morgan fingerprint density at radius 3 is 0.925 bits per heavy atom.